The lowest BCUT2D eigenvalue weighted by Gasteiger charge is -2.35. The molecule has 1 aliphatic carbocycles. The van der Waals surface area contributed by atoms with Crippen molar-refractivity contribution in [2.45, 2.75) is 39.2 Å². The third-order valence-electron chi connectivity index (χ3n) is 6.89. The van der Waals surface area contributed by atoms with Crippen molar-refractivity contribution in [1.29, 1.82) is 0 Å². The van der Waals surface area contributed by atoms with Crippen molar-refractivity contribution in [3.05, 3.63) is 59.5 Å². The van der Waals surface area contributed by atoms with Crippen LogP contribution in [0.3, 0.4) is 0 Å². The average molecular weight is 468 g/mol. The van der Waals surface area contributed by atoms with Gasteiger partial charge in [0.25, 0.3) is 0 Å². The molecular weight excluding hydrogens is 430 g/mol. The van der Waals surface area contributed by atoms with Gasteiger partial charge in [-0.2, -0.15) is 0 Å². The summed E-state index contributed by atoms with van der Waals surface area (Å²) in [6, 6.07) is 14.0. The first kappa shape index (κ1) is 24.5. The van der Waals surface area contributed by atoms with Crippen LogP contribution in [0.2, 0.25) is 0 Å². The van der Waals surface area contributed by atoms with E-state index >= 15 is 0 Å². The molecule has 2 aliphatic rings. The number of furan rings is 1. The van der Waals surface area contributed by atoms with E-state index < -0.39 is 0 Å². The summed E-state index contributed by atoms with van der Waals surface area (Å²) in [7, 11) is 0. The summed E-state index contributed by atoms with van der Waals surface area (Å²) >= 11 is 0. The van der Waals surface area contributed by atoms with Crippen molar-refractivity contribution in [3.63, 3.8) is 0 Å². The second-order valence-corrected chi connectivity index (χ2v) is 9.40. The molecule has 1 saturated carbocycles. The van der Waals surface area contributed by atoms with Gasteiger partial charge in [-0.1, -0.05) is 36.8 Å². The van der Waals surface area contributed by atoms with Gasteiger partial charge in [0, 0.05) is 38.6 Å². The Morgan fingerprint density at radius 2 is 1.76 bits per heavy atom. The lowest BCUT2D eigenvalue weighted by molar-refractivity contribution is -0.145. The van der Waals surface area contributed by atoms with Crippen LogP contribution < -0.4 is 0 Å². The van der Waals surface area contributed by atoms with Crippen LogP contribution in [0.25, 0.3) is 0 Å². The predicted molar refractivity (Wildman–Crippen MR) is 130 cm³/mol. The zero-order valence-electron chi connectivity index (χ0n) is 20.3. The van der Waals surface area contributed by atoms with Crippen molar-refractivity contribution >= 4 is 11.8 Å². The number of amides is 2. The molecule has 2 fully saturated rings. The van der Waals surface area contributed by atoms with Crippen molar-refractivity contribution in [2.75, 3.05) is 52.5 Å². The maximum atomic E-state index is 13.5. The average Bonchev–Trinajstić information content (AvgIpc) is 3.24. The molecule has 0 bridgehead atoms. The highest BCUT2D eigenvalue weighted by molar-refractivity contribution is 5.86. The molecule has 7 nitrogen and oxygen atoms in total. The number of aryl methyl sites for hydroxylation is 1. The SMILES string of the molecule is Cc1ccc(CN(CCc2ccccc2)C(=O)CN(CCN2CCOCC2)C(=O)C2CCC2)o1. The first-order valence-electron chi connectivity index (χ1n) is 12.5. The summed E-state index contributed by atoms with van der Waals surface area (Å²) in [5.41, 5.74) is 1.19. The highest BCUT2D eigenvalue weighted by atomic mass is 16.5. The Hall–Kier alpha value is -2.64. The molecule has 0 atom stereocenters. The van der Waals surface area contributed by atoms with Gasteiger partial charge >= 0.3 is 0 Å². The minimum Gasteiger partial charge on any atom is -0.464 e. The molecule has 1 aromatic carbocycles. The number of nitrogens with zero attached hydrogens (tertiary/aromatic N) is 3. The van der Waals surface area contributed by atoms with Crippen LogP contribution in [0.1, 0.15) is 36.3 Å². The van der Waals surface area contributed by atoms with E-state index in [1.54, 1.807) is 4.90 Å². The quantitative estimate of drug-likeness (QED) is 0.508. The van der Waals surface area contributed by atoms with Gasteiger partial charge in [-0.05, 0) is 43.9 Å². The Balaban J connectivity index is 1.42. The molecule has 7 heteroatoms. The third kappa shape index (κ3) is 6.93. The topological polar surface area (TPSA) is 66.2 Å². The van der Waals surface area contributed by atoms with Crippen molar-refractivity contribution in [3.8, 4) is 0 Å². The lowest BCUT2D eigenvalue weighted by atomic mass is 9.84. The monoisotopic (exact) mass is 467 g/mol. The molecule has 2 amide bonds. The number of benzene rings is 1. The Morgan fingerprint density at radius 3 is 2.41 bits per heavy atom. The second-order valence-electron chi connectivity index (χ2n) is 9.40. The Kier molecular flexibility index (Phi) is 8.77. The largest absolute Gasteiger partial charge is 0.464 e. The first-order valence-corrected chi connectivity index (χ1v) is 12.5. The van der Waals surface area contributed by atoms with Crippen molar-refractivity contribution < 1.29 is 18.7 Å². The highest BCUT2D eigenvalue weighted by Crippen LogP contribution is 2.28. The van der Waals surface area contributed by atoms with Crippen LogP contribution >= 0.6 is 0 Å². The zero-order chi connectivity index (χ0) is 23.8. The van der Waals surface area contributed by atoms with Gasteiger partial charge in [0.2, 0.25) is 11.8 Å². The first-order chi connectivity index (χ1) is 16.6. The van der Waals surface area contributed by atoms with E-state index in [0.29, 0.717) is 19.6 Å². The van der Waals surface area contributed by atoms with Crippen molar-refractivity contribution in [2.24, 2.45) is 5.92 Å². The molecule has 1 saturated heterocycles. The molecule has 2 heterocycles. The predicted octanol–water partition coefficient (Wildman–Crippen LogP) is 3.12. The fraction of sp³-hybridized carbons (Fsp3) is 0.556. The minimum atomic E-state index is -0.0281. The molecular formula is C27H37N3O4. The lowest BCUT2D eigenvalue weighted by Crippen LogP contribution is -2.49. The van der Waals surface area contributed by atoms with Gasteiger partial charge < -0.3 is 19.0 Å². The number of morpholine rings is 1. The van der Waals surface area contributed by atoms with Gasteiger partial charge in [-0.15, -0.1) is 0 Å². The molecule has 184 valence electrons. The summed E-state index contributed by atoms with van der Waals surface area (Å²) < 4.78 is 11.2. The number of rotatable bonds is 11. The van der Waals surface area contributed by atoms with Gasteiger partial charge in [0.1, 0.15) is 11.5 Å². The van der Waals surface area contributed by atoms with Crippen LogP contribution in [0.15, 0.2) is 46.9 Å². The van der Waals surface area contributed by atoms with E-state index in [4.69, 9.17) is 9.15 Å². The van der Waals surface area contributed by atoms with Crippen molar-refractivity contribution in [1.82, 2.24) is 14.7 Å². The van der Waals surface area contributed by atoms with Gasteiger partial charge in [-0.25, -0.2) is 0 Å². The van der Waals surface area contributed by atoms with Gasteiger partial charge in [-0.3, -0.25) is 14.5 Å². The molecule has 34 heavy (non-hydrogen) atoms. The standard InChI is InChI=1S/C27H37N3O4/c1-22-10-11-25(34-22)20-29(13-12-23-6-3-2-4-7-23)26(31)21-30(27(32)24-8-5-9-24)15-14-28-16-18-33-19-17-28/h2-4,6-7,10-11,24H,5,8-9,12-21H2,1H3. The van der Waals surface area contributed by atoms with Crippen LogP contribution in [0.5, 0.6) is 0 Å². The van der Waals surface area contributed by atoms with Gasteiger partial charge in [0.15, 0.2) is 0 Å². The molecule has 1 aromatic heterocycles. The number of hydrogen-bond donors (Lipinski definition) is 0. The Bertz CT molecular complexity index is 919. The summed E-state index contributed by atoms with van der Waals surface area (Å²) in [5.74, 6) is 1.77. The summed E-state index contributed by atoms with van der Waals surface area (Å²) in [6.45, 7) is 7.58. The summed E-state index contributed by atoms with van der Waals surface area (Å²) in [6.07, 6.45) is 3.73. The maximum absolute atomic E-state index is 13.5. The number of carbonyl (C=O) groups is 2. The molecule has 1 aliphatic heterocycles. The summed E-state index contributed by atoms with van der Waals surface area (Å²) in [5, 5.41) is 0. The zero-order valence-corrected chi connectivity index (χ0v) is 20.3. The Labute approximate surface area is 202 Å². The number of hydrogen-bond acceptors (Lipinski definition) is 5. The van der Waals surface area contributed by atoms with E-state index in [2.05, 4.69) is 17.0 Å². The van der Waals surface area contributed by atoms with Crippen LogP contribution in [-0.2, 0) is 27.3 Å². The highest BCUT2D eigenvalue weighted by Gasteiger charge is 2.31. The normalized spacial score (nSPS) is 16.7. The van der Waals surface area contributed by atoms with E-state index in [-0.39, 0.29) is 24.3 Å². The van der Waals surface area contributed by atoms with Crippen LogP contribution in [-0.4, -0.2) is 79.0 Å². The molecule has 2 aromatic rings. The fourth-order valence-corrected chi connectivity index (χ4v) is 4.49. The van der Waals surface area contributed by atoms with Gasteiger partial charge in [0.05, 0.1) is 26.3 Å². The van der Waals surface area contributed by atoms with E-state index in [1.165, 1.54) is 5.56 Å². The molecule has 0 unspecified atom stereocenters. The molecule has 0 spiro atoms. The number of carbonyl (C=O) groups excluding carboxylic acids is 2. The second kappa shape index (κ2) is 12.2. The number of ether oxygens (including phenoxy) is 1. The van der Waals surface area contributed by atoms with E-state index in [1.807, 2.05) is 42.2 Å². The van der Waals surface area contributed by atoms with Crippen LogP contribution in [0.4, 0.5) is 0 Å². The molecule has 0 N–H and O–H groups in total. The smallest absolute Gasteiger partial charge is 0.242 e. The maximum Gasteiger partial charge on any atom is 0.242 e. The summed E-state index contributed by atoms with van der Waals surface area (Å²) in [4.78, 5) is 32.7. The van der Waals surface area contributed by atoms with E-state index in [9.17, 15) is 9.59 Å². The molecule has 4 rings (SSSR count). The molecule has 0 radical (unpaired) electrons. The minimum absolute atomic E-state index is 0.0281. The van der Waals surface area contributed by atoms with E-state index in [0.717, 1.165) is 70.1 Å². The van der Waals surface area contributed by atoms with Crippen LogP contribution in [0, 0.1) is 12.8 Å². The Morgan fingerprint density at radius 1 is 1.00 bits per heavy atom. The third-order valence-corrected chi connectivity index (χ3v) is 6.89. The fourth-order valence-electron chi connectivity index (χ4n) is 4.49.